The van der Waals surface area contributed by atoms with Crippen LogP contribution in [0.1, 0.15) is 12.0 Å². The topological polar surface area (TPSA) is 60.9 Å². The zero-order valence-electron chi connectivity index (χ0n) is 14.5. The van der Waals surface area contributed by atoms with Crippen molar-refractivity contribution in [3.05, 3.63) is 35.9 Å². The average molecular weight is 353 g/mol. The van der Waals surface area contributed by atoms with Crippen LogP contribution in [0.4, 0.5) is 0 Å². The highest BCUT2D eigenvalue weighted by atomic mass is 32.2. The number of benzene rings is 1. The van der Waals surface area contributed by atoms with Crippen molar-refractivity contribution in [3.63, 3.8) is 0 Å². The first kappa shape index (κ1) is 18.9. The lowest BCUT2D eigenvalue weighted by Gasteiger charge is -2.33. The third-order valence-corrected chi connectivity index (χ3v) is 5.70. The molecule has 1 aliphatic rings. The summed E-state index contributed by atoms with van der Waals surface area (Å²) in [6.45, 7) is 3.83. The molecule has 0 aliphatic carbocycles. The zero-order valence-corrected chi connectivity index (χ0v) is 15.3. The summed E-state index contributed by atoms with van der Waals surface area (Å²) in [5.41, 5.74) is 1.09. The molecule has 7 heteroatoms. The molecule has 0 radical (unpaired) electrons. The first-order chi connectivity index (χ1) is 11.4. The van der Waals surface area contributed by atoms with E-state index in [4.69, 9.17) is 0 Å². The minimum absolute atomic E-state index is 0.0384. The van der Waals surface area contributed by atoms with Crippen LogP contribution in [0, 0.1) is 0 Å². The number of sulfonamides is 1. The first-order valence-electron chi connectivity index (χ1n) is 8.31. The van der Waals surface area contributed by atoms with Crippen molar-refractivity contribution in [1.82, 2.24) is 14.1 Å². The largest absolute Gasteiger partial charge is 0.340 e. The number of nitrogens with zero attached hydrogens (tertiary/aromatic N) is 3. The summed E-state index contributed by atoms with van der Waals surface area (Å²) < 4.78 is 25.4. The van der Waals surface area contributed by atoms with Crippen LogP contribution >= 0.6 is 0 Å². The Hall–Kier alpha value is -1.44. The van der Waals surface area contributed by atoms with Gasteiger partial charge in [-0.2, -0.15) is 0 Å². The SMILES string of the molecule is CN1CCN(C(=O)CCN(CCc2ccccc2)S(C)(=O)=O)CC1. The Balaban J connectivity index is 1.86. The molecule has 1 aromatic carbocycles. The predicted molar refractivity (Wildman–Crippen MR) is 95.3 cm³/mol. The van der Waals surface area contributed by atoms with Gasteiger partial charge in [-0.15, -0.1) is 0 Å². The maximum Gasteiger partial charge on any atom is 0.223 e. The van der Waals surface area contributed by atoms with Crippen LogP contribution in [-0.4, -0.2) is 81.0 Å². The van der Waals surface area contributed by atoms with Crippen molar-refractivity contribution in [2.24, 2.45) is 0 Å². The van der Waals surface area contributed by atoms with Gasteiger partial charge in [0.05, 0.1) is 6.26 Å². The molecule has 0 atom stereocenters. The lowest BCUT2D eigenvalue weighted by molar-refractivity contribution is -0.132. The maximum atomic E-state index is 12.3. The summed E-state index contributed by atoms with van der Waals surface area (Å²) in [5.74, 6) is 0.0384. The average Bonchev–Trinajstić information content (AvgIpc) is 2.55. The van der Waals surface area contributed by atoms with E-state index in [0.717, 1.165) is 31.7 Å². The van der Waals surface area contributed by atoms with Crippen LogP contribution in [0.25, 0.3) is 0 Å². The molecular weight excluding hydrogens is 326 g/mol. The Labute approximate surface area is 145 Å². The Bertz CT molecular complexity index is 626. The van der Waals surface area contributed by atoms with Crippen LogP contribution in [0.15, 0.2) is 30.3 Å². The van der Waals surface area contributed by atoms with E-state index in [1.165, 1.54) is 10.6 Å². The van der Waals surface area contributed by atoms with Crippen molar-refractivity contribution in [1.29, 1.82) is 0 Å². The molecule has 1 heterocycles. The minimum Gasteiger partial charge on any atom is -0.340 e. The van der Waals surface area contributed by atoms with Gasteiger partial charge in [0.25, 0.3) is 0 Å². The summed E-state index contributed by atoms with van der Waals surface area (Å²) in [7, 11) is -1.28. The molecule has 24 heavy (non-hydrogen) atoms. The highest BCUT2D eigenvalue weighted by Gasteiger charge is 2.22. The van der Waals surface area contributed by atoms with Crippen LogP contribution < -0.4 is 0 Å². The fourth-order valence-electron chi connectivity index (χ4n) is 2.78. The van der Waals surface area contributed by atoms with E-state index in [9.17, 15) is 13.2 Å². The van der Waals surface area contributed by atoms with Crippen molar-refractivity contribution in [3.8, 4) is 0 Å². The molecule has 0 spiro atoms. The summed E-state index contributed by atoms with van der Waals surface area (Å²) in [6, 6.07) is 9.78. The van der Waals surface area contributed by atoms with E-state index in [1.54, 1.807) is 0 Å². The Morgan fingerprint density at radius 3 is 2.29 bits per heavy atom. The number of piperazine rings is 1. The van der Waals surface area contributed by atoms with E-state index in [2.05, 4.69) is 4.90 Å². The highest BCUT2D eigenvalue weighted by molar-refractivity contribution is 7.88. The molecule has 1 aromatic rings. The van der Waals surface area contributed by atoms with E-state index in [1.807, 2.05) is 42.3 Å². The predicted octanol–water partition coefficient (Wildman–Crippen LogP) is 0.655. The third kappa shape index (κ3) is 5.89. The quantitative estimate of drug-likeness (QED) is 0.722. The van der Waals surface area contributed by atoms with Crippen molar-refractivity contribution >= 4 is 15.9 Å². The van der Waals surface area contributed by atoms with Gasteiger partial charge in [0.15, 0.2) is 0 Å². The number of rotatable bonds is 7. The normalized spacial score (nSPS) is 16.5. The Morgan fingerprint density at radius 2 is 1.71 bits per heavy atom. The van der Waals surface area contributed by atoms with Gasteiger partial charge >= 0.3 is 0 Å². The molecule has 0 unspecified atom stereocenters. The smallest absolute Gasteiger partial charge is 0.223 e. The van der Waals surface area contributed by atoms with E-state index in [0.29, 0.717) is 13.0 Å². The van der Waals surface area contributed by atoms with E-state index >= 15 is 0 Å². The van der Waals surface area contributed by atoms with Gasteiger partial charge in [-0.25, -0.2) is 12.7 Å². The summed E-state index contributed by atoms with van der Waals surface area (Å²) >= 11 is 0. The molecule has 0 bridgehead atoms. The number of hydrogen-bond acceptors (Lipinski definition) is 4. The number of carbonyl (C=O) groups is 1. The Morgan fingerprint density at radius 1 is 1.08 bits per heavy atom. The molecule has 0 saturated carbocycles. The van der Waals surface area contributed by atoms with Gasteiger partial charge in [0, 0.05) is 45.7 Å². The molecule has 2 rings (SSSR count). The maximum absolute atomic E-state index is 12.3. The highest BCUT2D eigenvalue weighted by Crippen LogP contribution is 2.08. The van der Waals surface area contributed by atoms with Crippen molar-refractivity contribution in [2.45, 2.75) is 12.8 Å². The second kappa shape index (κ2) is 8.60. The monoisotopic (exact) mass is 353 g/mol. The van der Waals surface area contributed by atoms with Crippen molar-refractivity contribution in [2.75, 3.05) is 52.6 Å². The summed E-state index contributed by atoms with van der Waals surface area (Å²) in [6.07, 6.45) is 2.10. The fourth-order valence-corrected chi connectivity index (χ4v) is 3.62. The molecule has 1 aliphatic heterocycles. The van der Waals surface area contributed by atoms with E-state index in [-0.39, 0.29) is 18.9 Å². The zero-order chi connectivity index (χ0) is 17.6. The van der Waals surface area contributed by atoms with Crippen LogP contribution in [0.3, 0.4) is 0 Å². The molecule has 6 nitrogen and oxygen atoms in total. The minimum atomic E-state index is -3.32. The standard InChI is InChI=1S/C17H27N3O3S/c1-18-12-14-19(15-13-18)17(21)9-11-20(24(2,22)23)10-8-16-6-4-3-5-7-16/h3-7H,8-15H2,1-2H3. The Kier molecular flexibility index (Phi) is 6.77. The molecule has 1 amide bonds. The molecule has 1 saturated heterocycles. The first-order valence-corrected chi connectivity index (χ1v) is 10.2. The van der Waals surface area contributed by atoms with Gasteiger partial charge < -0.3 is 9.80 Å². The summed E-state index contributed by atoms with van der Waals surface area (Å²) in [4.78, 5) is 16.3. The van der Waals surface area contributed by atoms with E-state index < -0.39 is 10.0 Å². The molecule has 134 valence electrons. The molecule has 0 N–H and O–H groups in total. The summed E-state index contributed by atoms with van der Waals surface area (Å²) in [5, 5.41) is 0. The van der Waals surface area contributed by atoms with Gasteiger partial charge in [0.1, 0.15) is 0 Å². The lowest BCUT2D eigenvalue weighted by atomic mass is 10.1. The van der Waals surface area contributed by atoms with Gasteiger partial charge in [-0.1, -0.05) is 30.3 Å². The molecular formula is C17H27N3O3S. The number of hydrogen-bond donors (Lipinski definition) is 0. The second-order valence-electron chi connectivity index (χ2n) is 6.33. The van der Waals surface area contributed by atoms with Crippen molar-refractivity contribution < 1.29 is 13.2 Å². The van der Waals surface area contributed by atoms with Crippen LogP contribution in [0.5, 0.6) is 0 Å². The number of carbonyl (C=O) groups excluding carboxylic acids is 1. The molecule has 1 fully saturated rings. The fraction of sp³-hybridized carbons (Fsp3) is 0.588. The van der Waals surface area contributed by atoms with Crippen LogP contribution in [-0.2, 0) is 21.2 Å². The molecule has 0 aromatic heterocycles. The lowest BCUT2D eigenvalue weighted by Crippen LogP contribution is -2.48. The van der Waals surface area contributed by atoms with Gasteiger partial charge in [-0.3, -0.25) is 4.79 Å². The van der Waals surface area contributed by atoms with Gasteiger partial charge in [-0.05, 0) is 19.0 Å². The second-order valence-corrected chi connectivity index (χ2v) is 8.31. The number of likely N-dealkylation sites (N-methyl/N-ethyl adjacent to an activating group) is 1. The third-order valence-electron chi connectivity index (χ3n) is 4.39. The van der Waals surface area contributed by atoms with Gasteiger partial charge in [0.2, 0.25) is 15.9 Å². The number of amides is 1. The van der Waals surface area contributed by atoms with Crippen LogP contribution in [0.2, 0.25) is 0 Å².